The number of aromatic nitrogens is 1. The predicted octanol–water partition coefficient (Wildman–Crippen LogP) is 4.18. The van der Waals surface area contributed by atoms with E-state index in [1.165, 1.54) is 5.56 Å². The topological polar surface area (TPSA) is 38.9 Å². The van der Waals surface area contributed by atoms with Crippen LogP contribution in [0.1, 0.15) is 10.6 Å². The van der Waals surface area contributed by atoms with Crippen molar-refractivity contribution in [1.29, 1.82) is 0 Å². The van der Waals surface area contributed by atoms with Gasteiger partial charge in [-0.05, 0) is 18.1 Å². The normalized spacial score (nSPS) is 10.6. The van der Waals surface area contributed by atoms with Gasteiger partial charge in [0.2, 0.25) is 0 Å². The third-order valence-electron chi connectivity index (χ3n) is 3.26. The van der Waals surface area contributed by atoms with Crippen molar-refractivity contribution in [1.82, 2.24) is 4.98 Å². The van der Waals surface area contributed by atoms with E-state index in [9.17, 15) is 0 Å². The Kier molecular flexibility index (Phi) is 3.79. The first-order valence-corrected chi connectivity index (χ1v) is 7.54. The third kappa shape index (κ3) is 2.89. The molecule has 2 aromatic carbocycles. The van der Waals surface area contributed by atoms with Crippen molar-refractivity contribution < 1.29 is 0 Å². The molecule has 0 saturated carbocycles. The minimum atomic E-state index is 0.785. The Hall–Kier alpha value is -2.13. The summed E-state index contributed by atoms with van der Waals surface area (Å²) in [7, 11) is 0. The van der Waals surface area contributed by atoms with Crippen molar-refractivity contribution in [2.24, 2.45) is 0 Å². The summed E-state index contributed by atoms with van der Waals surface area (Å²) in [5.41, 5.74) is 10.1. The zero-order valence-electron chi connectivity index (χ0n) is 11.1. The number of aryl methyl sites for hydroxylation is 2. The van der Waals surface area contributed by atoms with Gasteiger partial charge >= 0.3 is 0 Å². The molecule has 2 N–H and O–H groups in total. The van der Waals surface area contributed by atoms with Crippen LogP contribution in [0, 0.1) is 0 Å². The van der Waals surface area contributed by atoms with Crippen molar-refractivity contribution in [3.63, 3.8) is 0 Å². The molecule has 0 aliphatic rings. The molecule has 0 spiro atoms. The maximum Gasteiger partial charge on any atom is 0.0935 e. The van der Waals surface area contributed by atoms with E-state index in [2.05, 4.69) is 29.6 Å². The molecule has 0 radical (unpaired) electrons. The molecule has 0 aliphatic heterocycles. The van der Waals surface area contributed by atoms with Crippen LogP contribution in [0.15, 0.2) is 60.0 Å². The lowest BCUT2D eigenvalue weighted by Gasteiger charge is -2.01. The van der Waals surface area contributed by atoms with E-state index in [4.69, 9.17) is 10.7 Å². The van der Waals surface area contributed by atoms with Crippen molar-refractivity contribution in [3.8, 4) is 11.3 Å². The smallest absolute Gasteiger partial charge is 0.0935 e. The van der Waals surface area contributed by atoms with E-state index >= 15 is 0 Å². The van der Waals surface area contributed by atoms with Gasteiger partial charge in [0.1, 0.15) is 0 Å². The molecule has 0 aliphatic carbocycles. The van der Waals surface area contributed by atoms with Gasteiger partial charge in [0.25, 0.3) is 0 Å². The summed E-state index contributed by atoms with van der Waals surface area (Å²) < 4.78 is 0. The molecule has 2 nitrogen and oxygen atoms in total. The highest BCUT2D eigenvalue weighted by Crippen LogP contribution is 2.27. The molecule has 20 heavy (non-hydrogen) atoms. The molecule has 0 atom stereocenters. The number of thiazole rings is 1. The van der Waals surface area contributed by atoms with Gasteiger partial charge in [-0.3, -0.25) is 0 Å². The number of benzene rings is 2. The first-order chi connectivity index (χ1) is 9.83. The summed E-state index contributed by atoms with van der Waals surface area (Å²) in [5.74, 6) is 0. The zero-order valence-corrected chi connectivity index (χ0v) is 11.9. The fourth-order valence-electron chi connectivity index (χ4n) is 2.18. The molecule has 0 saturated heterocycles. The Morgan fingerprint density at radius 1 is 0.900 bits per heavy atom. The molecule has 100 valence electrons. The number of nitrogen functional groups attached to an aromatic ring is 1. The monoisotopic (exact) mass is 280 g/mol. The summed E-state index contributed by atoms with van der Waals surface area (Å²) in [6.07, 6.45) is 2.00. The number of nitrogens with two attached hydrogens (primary N) is 1. The van der Waals surface area contributed by atoms with Crippen LogP contribution in [0.25, 0.3) is 11.3 Å². The first-order valence-electron chi connectivity index (χ1n) is 6.66. The Morgan fingerprint density at radius 2 is 1.65 bits per heavy atom. The van der Waals surface area contributed by atoms with Crippen LogP contribution in [0.3, 0.4) is 0 Å². The number of nitrogens with zero attached hydrogens (tertiary/aromatic N) is 1. The van der Waals surface area contributed by atoms with E-state index in [-0.39, 0.29) is 0 Å². The van der Waals surface area contributed by atoms with Crippen LogP contribution in [0.2, 0.25) is 0 Å². The molecule has 3 heteroatoms. The van der Waals surface area contributed by atoms with E-state index in [0.717, 1.165) is 34.8 Å². The SMILES string of the molecule is Nc1ccccc1-c1csc(CCc2ccccc2)n1. The lowest BCUT2D eigenvalue weighted by Crippen LogP contribution is -1.92. The minimum Gasteiger partial charge on any atom is -0.398 e. The van der Waals surface area contributed by atoms with Crippen molar-refractivity contribution in [2.45, 2.75) is 12.8 Å². The summed E-state index contributed by atoms with van der Waals surface area (Å²) in [5, 5.41) is 3.25. The maximum atomic E-state index is 5.99. The second-order valence-electron chi connectivity index (χ2n) is 4.70. The lowest BCUT2D eigenvalue weighted by atomic mass is 10.1. The maximum absolute atomic E-state index is 5.99. The van der Waals surface area contributed by atoms with Gasteiger partial charge in [0.05, 0.1) is 10.7 Å². The van der Waals surface area contributed by atoms with Crippen molar-refractivity contribution in [3.05, 3.63) is 70.5 Å². The van der Waals surface area contributed by atoms with Crippen LogP contribution in [0.4, 0.5) is 5.69 Å². The Bertz CT molecular complexity index is 689. The molecule has 3 aromatic rings. The van der Waals surface area contributed by atoms with Crippen molar-refractivity contribution in [2.75, 3.05) is 5.73 Å². The summed E-state index contributed by atoms with van der Waals surface area (Å²) >= 11 is 1.71. The summed E-state index contributed by atoms with van der Waals surface area (Å²) in [6.45, 7) is 0. The Morgan fingerprint density at radius 3 is 2.45 bits per heavy atom. The highest BCUT2D eigenvalue weighted by Gasteiger charge is 2.07. The van der Waals surface area contributed by atoms with E-state index in [1.807, 2.05) is 30.3 Å². The highest BCUT2D eigenvalue weighted by atomic mass is 32.1. The molecule has 0 bridgehead atoms. The second kappa shape index (κ2) is 5.88. The highest BCUT2D eigenvalue weighted by molar-refractivity contribution is 7.09. The van der Waals surface area contributed by atoms with Gasteiger partial charge < -0.3 is 5.73 Å². The molecule has 3 rings (SSSR count). The third-order valence-corrected chi connectivity index (χ3v) is 4.17. The molecule has 1 heterocycles. The van der Waals surface area contributed by atoms with Crippen LogP contribution >= 0.6 is 11.3 Å². The molecule has 0 unspecified atom stereocenters. The van der Waals surface area contributed by atoms with E-state index in [0.29, 0.717) is 0 Å². The Labute approximate surface area is 122 Å². The average Bonchev–Trinajstić information content (AvgIpc) is 2.95. The van der Waals surface area contributed by atoms with Gasteiger partial charge in [-0.15, -0.1) is 11.3 Å². The molecular weight excluding hydrogens is 264 g/mol. The minimum absolute atomic E-state index is 0.785. The summed E-state index contributed by atoms with van der Waals surface area (Å²) in [6, 6.07) is 18.4. The summed E-state index contributed by atoms with van der Waals surface area (Å²) in [4.78, 5) is 4.69. The molecule has 0 fully saturated rings. The standard InChI is InChI=1S/C17H16N2S/c18-15-9-5-4-8-14(15)16-12-20-17(19-16)11-10-13-6-2-1-3-7-13/h1-9,12H,10-11,18H2. The zero-order chi connectivity index (χ0) is 13.8. The largest absolute Gasteiger partial charge is 0.398 e. The van der Waals surface area contributed by atoms with E-state index in [1.54, 1.807) is 11.3 Å². The number of hydrogen-bond donors (Lipinski definition) is 1. The first kappa shape index (κ1) is 12.9. The lowest BCUT2D eigenvalue weighted by molar-refractivity contribution is 0.945. The second-order valence-corrected chi connectivity index (χ2v) is 5.64. The van der Waals surface area contributed by atoms with Crippen molar-refractivity contribution >= 4 is 17.0 Å². The molecular formula is C17H16N2S. The number of para-hydroxylation sites is 1. The molecule has 1 aromatic heterocycles. The average molecular weight is 280 g/mol. The van der Waals surface area contributed by atoms with E-state index < -0.39 is 0 Å². The quantitative estimate of drug-likeness (QED) is 0.728. The number of hydrogen-bond acceptors (Lipinski definition) is 3. The van der Waals surface area contributed by atoms with Crippen LogP contribution < -0.4 is 5.73 Å². The number of rotatable bonds is 4. The van der Waals surface area contributed by atoms with Gasteiger partial charge in [-0.2, -0.15) is 0 Å². The van der Waals surface area contributed by atoms with Crippen LogP contribution in [0.5, 0.6) is 0 Å². The fraction of sp³-hybridized carbons (Fsp3) is 0.118. The molecule has 0 amide bonds. The van der Waals surface area contributed by atoms with Gasteiger partial charge in [0, 0.05) is 23.1 Å². The van der Waals surface area contributed by atoms with Gasteiger partial charge in [-0.25, -0.2) is 4.98 Å². The Balaban J connectivity index is 1.73. The van der Waals surface area contributed by atoms with Crippen LogP contribution in [-0.4, -0.2) is 4.98 Å². The van der Waals surface area contributed by atoms with Gasteiger partial charge in [-0.1, -0.05) is 48.5 Å². The van der Waals surface area contributed by atoms with Gasteiger partial charge in [0.15, 0.2) is 0 Å². The number of anilines is 1. The predicted molar refractivity (Wildman–Crippen MR) is 85.8 cm³/mol. The fourth-order valence-corrected chi connectivity index (χ4v) is 2.97. The van der Waals surface area contributed by atoms with Crippen LogP contribution in [-0.2, 0) is 12.8 Å².